The van der Waals surface area contributed by atoms with Gasteiger partial charge in [0, 0.05) is 12.1 Å². The highest BCUT2D eigenvalue weighted by atomic mass is 16.5. The number of hydrogen-bond donors (Lipinski definition) is 1. The van der Waals surface area contributed by atoms with Crippen LogP contribution in [-0.2, 0) is 0 Å². The SMILES string of the molecule is O=C(Nc1cccc(Oc2ccccc2)n1)N1C2C=CCC1CC2. The van der Waals surface area contributed by atoms with Gasteiger partial charge in [0.05, 0.1) is 6.04 Å². The van der Waals surface area contributed by atoms with E-state index in [4.69, 9.17) is 4.74 Å². The van der Waals surface area contributed by atoms with Crippen LogP contribution in [0, 0.1) is 0 Å². The molecule has 122 valence electrons. The third-order valence-corrected chi connectivity index (χ3v) is 4.47. The molecule has 2 amide bonds. The summed E-state index contributed by atoms with van der Waals surface area (Å²) < 4.78 is 5.71. The van der Waals surface area contributed by atoms with E-state index in [-0.39, 0.29) is 12.1 Å². The van der Waals surface area contributed by atoms with Crippen molar-refractivity contribution in [2.75, 3.05) is 5.32 Å². The number of anilines is 1. The molecule has 2 aliphatic heterocycles. The Morgan fingerprint density at radius 3 is 2.83 bits per heavy atom. The molecule has 0 spiro atoms. The van der Waals surface area contributed by atoms with E-state index in [1.807, 2.05) is 41.3 Å². The average Bonchev–Trinajstić information content (AvgIpc) is 2.85. The minimum atomic E-state index is -0.0868. The molecule has 2 bridgehead atoms. The number of pyridine rings is 1. The first-order valence-electron chi connectivity index (χ1n) is 8.25. The Balaban J connectivity index is 1.46. The molecule has 1 aromatic heterocycles. The van der Waals surface area contributed by atoms with Gasteiger partial charge in [-0.25, -0.2) is 4.79 Å². The Bertz CT molecular complexity index is 760. The molecule has 1 fully saturated rings. The Kier molecular flexibility index (Phi) is 3.91. The summed E-state index contributed by atoms with van der Waals surface area (Å²) in [6.07, 6.45) is 7.35. The number of aromatic nitrogens is 1. The molecule has 3 heterocycles. The number of amides is 2. The number of urea groups is 1. The Morgan fingerprint density at radius 1 is 1.12 bits per heavy atom. The van der Waals surface area contributed by atoms with Crippen molar-refractivity contribution < 1.29 is 9.53 Å². The molecule has 2 unspecified atom stereocenters. The molecule has 5 heteroatoms. The standard InChI is InChI=1S/C19H19N3O2/c23-19(22-14-6-4-7-15(22)13-12-14)21-17-10-5-11-18(20-17)24-16-8-2-1-3-9-16/h1-6,8-11,14-15H,7,12-13H2,(H,20,21,23). The number of hydrogen-bond acceptors (Lipinski definition) is 3. The summed E-state index contributed by atoms with van der Waals surface area (Å²) in [6, 6.07) is 15.3. The minimum Gasteiger partial charge on any atom is -0.439 e. The highest BCUT2D eigenvalue weighted by Gasteiger charge is 2.37. The lowest BCUT2D eigenvalue weighted by molar-refractivity contribution is 0.192. The lowest BCUT2D eigenvalue weighted by Crippen LogP contribution is -2.44. The second-order valence-electron chi connectivity index (χ2n) is 6.08. The van der Waals surface area contributed by atoms with Crippen LogP contribution in [0.1, 0.15) is 19.3 Å². The topological polar surface area (TPSA) is 54.5 Å². The van der Waals surface area contributed by atoms with Gasteiger partial charge in [-0.15, -0.1) is 0 Å². The van der Waals surface area contributed by atoms with Crippen LogP contribution in [0.5, 0.6) is 11.6 Å². The van der Waals surface area contributed by atoms with E-state index < -0.39 is 0 Å². The van der Waals surface area contributed by atoms with E-state index in [9.17, 15) is 4.79 Å². The predicted octanol–water partition coefficient (Wildman–Crippen LogP) is 4.20. The van der Waals surface area contributed by atoms with Gasteiger partial charge in [-0.1, -0.05) is 36.4 Å². The summed E-state index contributed by atoms with van der Waals surface area (Å²) in [6.45, 7) is 0. The normalized spacial score (nSPS) is 21.6. The molecular weight excluding hydrogens is 302 g/mol. The first kappa shape index (κ1) is 14.8. The van der Waals surface area contributed by atoms with Gasteiger partial charge in [0.1, 0.15) is 11.6 Å². The largest absolute Gasteiger partial charge is 0.439 e. The quantitative estimate of drug-likeness (QED) is 0.862. The van der Waals surface area contributed by atoms with E-state index in [1.165, 1.54) is 0 Å². The summed E-state index contributed by atoms with van der Waals surface area (Å²) in [5.74, 6) is 1.68. The van der Waals surface area contributed by atoms with Crippen LogP contribution < -0.4 is 10.1 Å². The van der Waals surface area contributed by atoms with Crippen LogP contribution in [0.3, 0.4) is 0 Å². The second kappa shape index (κ2) is 6.35. The molecule has 2 aromatic rings. The third-order valence-electron chi connectivity index (χ3n) is 4.47. The van der Waals surface area contributed by atoms with Gasteiger partial charge in [0.25, 0.3) is 0 Å². The lowest BCUT2D eigenvalue weighted by Gasteiger charge is -2.31. The van der Waals surface area contributed by atoms with Gasteiger partial charge in [0.2, 0.25) is 5.88 Å². The van der Waals surface area contributed by atoms with Gasteiger partial charge >= 0.3 is 6.03 Å². The Morgan fingerprint density at radius 2 is 2.00 bits per heavy atom. The van der Waals surface area contributed by atoms with E-state index in [0.29, 0.717) is 23.5 Å². The molecule has 4 rings (SSSR count). The molecular formula is C19H19N3O2. The van der Waals surface area contributed by atoms with Crippen molar-refractivity contribution in [2.24, 2.45) is 0 Å². The molecule has 1 N–H and O–H groups in total. The number of carbonyl (C=O) groups excluding carboxylic acids is 1. The Hall–Kier alpha value is -2.82. The number of carbonyl (C=O) groups is 1. The molecule has 1 aromatic carbocycles. The van der Waals surface area contributed by atoms with Crippen molar-refractivity contribution in [3.63, 3.8) is 0 Å². The average molecular weight is 321 g/mol. The number of para-hydroxylation sites is 1. The summed E-state index contributed by atoms with van der Waals surface area (Å²) in [7, 11) is 0. The van der Waals surface area contributed by atoms with E-state index in [2.05, 4.69) is 22.5 Å². The molecule has 24 heavy (non-hydrogen) atoms. The zero-order chi connectivity index (χ0) is 16.4. The number of rotatable bonds is 3. The van der Waals surface area contributed by atoms with E-state index in [1.54, 1.807) is 12.1 Å². The molecule has 1 saturated heterocycles. The molecule has 5 nitrogen and oxygen atoms in total. The van der Waals surface area contributed by atoms with Crippen molar-refractivity contribution in [2.45, 2.75) is 31.3 Å². The monoisotopic (exact) mass is 321 g/mol. The van der Waals surface area contributed by atoms with Gasteiger partial charge < -0.3 is 9.64 Å². The van der Waals surface area contributed by atoms with Crippen molar-refractivity contribution in [3.05, 3.63) is 60.7 Å². The molecule has 0 aliphatic carbocycles. The van der Waals surface area contributed by atoms with Crippen molar-refractivity contribution in [1.82, 2.24) is 9.88 Å². The fourth-order valence-electron chi connectivity index (χ4n) is 3.37. The Labute approximate surface area is 141 Å². The maximum atomic E-state index is 12.6. The van der Waals surface area contributed by atoms with E-state index in [0.717, 1.165) is 19.3 Å². The van der Waals surface area contributed by atoms with Crippen LogP contribution >= 0.6 is 0 Å². The summed E-state index contributed by atoms with van der Waals surface area (Å²) in [5, 5.41) is 2.90. The van der Waals surface area contributed by atoms with Gasteiger partial charge in [-0.3, -0.25) is 5.32 Å². The number of nitrogens with one attached hydrogen (secondary N) is 1. The zero-order valence-electron chi connectivity index (χ0n) is 13.3. The highest BCUT2D eigenvalue weighted by molar-refractivity contribution is 5.89. The highest BCUT2D eigenvalue weighted by Crippen LogP contribution is 2.32. The number of ether oxygens (including phenoxy) is 1. The molecule has 2 atom stereocenters. The maximum absolute atomic E-state index is 12.6. The molecule has 0 saturated carbocycles. The molecule has 2 aliphatic rings. The zero-order valence-corrected chi connectivity index (χ0v) is 13.3. The van der Waals surface area contributed by atoms with Crippen LogP contribution in [0.2, 0.25) is 0 Å². The summed E-state index contributed by atoms with van der Waals surface area (Å²) in [5.41, 5.74) is 0. The van der Waals surface area contributed by atoms with Gasteiger partial charge in [0.15, 0.2) is 0 Å². The van der Waals surface area contributed by atoms with Crippen molar-refractivity contribution in [1.29, 1.82) is 0 Å². The van der Waals surface area contributed by atoms with Crippen LogP contribution in [0.25, 0.3) is 0 Å². The first-order valence-corrected chi connectivity index (χ1v) is 8.25. The van der Waals surface area contributed by atoms with Crippen molar-refractivity contribution >= 4 is 11.8 Å². The fraction of sp³-hybridized carbons (Fsp3) is 0.263. The predicted molar refractivity (Wildman–Crippen MR) is 92.2 cm³/mol. The minimum absolute atomic E-state index is 0.0868. The van der Waals surface area contributed by atoms with Crippen LogP contribution in [-0.4, -0.2) is 28.0 Å². The number of fused-ring (bicyclic) bond motifs is 2. The first-order chi connectivity index (χ1) is 11.8. The van der Waals surface area contributed by atoms with Crippen LogP contribution in [0.15, 0.2) is 60.7 Å². The van der Waals surface area contributed by atoms with Crippen LogP contribution in [0.4, 0.5) is 10.6 Å². The lowest BCUT2D eigenvalue weighted by atomic mass is 10.1. The van der Waals surface area contributed by atoms with Crippen molar-refractivity contribution in [3.8, 4) is 11.6 Å². The maximum Gasteiger partial charge on any atom is 0.323 e. The number of benzene rings is 1. The van der Waals surface area contributed by atoms with Gasteiger partial charge in [-0.2, -0.15) is 4.98 Å². The van der Waals surface area contributed by atoms with Gasteiger partial charge in [-0.05, 0) is 37.5 Å². The second-order valence-corrected chi connectivity index (χ2v) is 6.08. The molecule has 0 radical (unpaired) electrons. The third kappa shape index (κ3) is 2.97. The summed E-state index contributed by atoms with van der Waals surface area (Å²) in [4.78, 5) is 18.9. The fourth-order valence-corrected chi connectivity index (χ4v) is 3.37. The smallest absolute Gasteiger partial charge is 0.323 e. The summed E-state index contributed by atoms with van der Waals surface area (Å²) >= 11 is 0. The number of nitrogens with zero attached hydrogens (tertiary/aromatic N) is 2. The van der Waals surface area contributed by atoms with E-state index >= 15 is 0 Å².